The minimum atomic E-state index is -0.244. The van der Waals surface area contributed by atoms with Crippen LogP contribution >= 0.6 is 11.6 Å². The van der Waals surface area contributed by atoms with E-state index in [1.807, 2.05) is 29.2 Å². The number of nitrogens with one attached hydrogen (secondary N) is 1. The van der Waals surface area contributed by atoms with E-state index in [2.05, 4.69) is 34.0 Å². The largest absolute Gasteiger partial charge is 0.392 e. The van der Waals surface area contributed by atoms with Gasteiger partial charge >= 0.3 is 0 Å². The van der Waals surface area contributed by atoms with E-state index in [0.29, 0.717) is 30.7 Å². The van der Waals surface area contributed by atoms with E-state index in [4.69, 9.17) is 11.6 Å². The average molecular weight is 458 g/mol. The maximum atomic E-state index is 13.5. The number of nitrogens with zero attached hydrogens (tertiary/aromatic N) is 4. The lowest BCUT2D eigenvalue weighted by Gasteiger charge is -2.40. The van der Waals surface area contributed by atoms with Gasteiger partial charge in [-0.1, -0.05) is 37.6 Å². The highest BCUT2D eigenvalue weighted by molar-refractivity contribution is 6.30. The molecular weight excluding hydrogens is 426 g/mol. The van der Waals surface area contributed by atoms with Crippen LogP contribution < -0.4 is 5.32 Å². The third kappa shape index (κ3) is 4.96. The molecule has 1 aromatic rings. The predicted octanol–water partition coefficient (Wildman–Crippen LogP) is 2.46. The van der Waals surface area contributed by atoms with Crippen molar-refractivity contribution < 1.29 is 9.90 Å². The van der Waals surface area contributed by atoms with Crippen molar-refractivity contribution in [3.63, 3.8) is 0 Å². The highest BCUT2D eigenvalue weighted by atomic mass is 35.5. The zero-order valence-corrected chi connectivity index (χ0v) is 19.6. The summed E-state index contributed by atoms with van der Waals surface area (Å²) in [4.78, 5) is 26.8. The Labute approximate surface area is 194 Å². The number of aliphatic hydroxyl groups excluding tert-OH is 1. The average Bonchev–Trinajstić information content (AvgIpc) is 3.23. The van der Waals surface area contributed by atoms with Crippen LogP contribution in [0.5, 0.6) is 0 Å². The third-order valence-corrected chi connectivity index (χ3v) is 6.75. The van der Waals surface area contributed by atoms with Gasteiger partial charge < -0.3 is 15.3 Å². The highest BCUT2D eigenvalue weighted by Gasteiger charge is 2.36. The number of rotatable bonds is 7. The van der Waals surface area contributed by atoms with Crippen molar-refractivity contribution in [1.29, 1.82) is 0 Å². The summed E-state index contributed by atoms with van der Waals surface area (Å²) in [6.45, 7) is 7.63. The standard InChI is InChI=1S/C24H32ClN5O2/c1-16(2)26-13-20(17-3-6-19(25)7-4-17)24(32)30-11-9-29(10-12-30)23-22-18(14-31)5-8-21(22)27-15-28-23/h3-4,6-7,15-16,20,23,26,31H,5,8-14H2,1-2H3. The minimum absolute atomic E-state index is 0.0600. The van der Waals surface area contributed by atoms with Crippen LogP contribution in [-0.4, -0.2) is 84.4 Å². The lowest BCUT2D eigenvalue weighted by atomic mass is 9.96. The van der Waals surface area contributed by atoms with Crippen molar-refractivity contribution in [1.82, 2.24) is 15.1 Å². The van der Waals surface area contributed by atoms with Crippen LogP contribution in [-0.2, 0) is 4.79 Å². The number of hydrogen-bond donors (Lipinski definition) is 2. The number of aliphatic imine (C=N–C) groups is 2. The van der Waals surface area contributed by atoms with Crippen molar-refractivity contribution in [3.8, 4) is 0 Å². The van der Waals surface area contributed by atoms with E-state index >= 15 is 0 Å². The summed E-state index contributed by atoms with van der Waals surface area (Å²) in [7, 11) is 0. The molecule has 172 valence electrons. The summed E-state index contributed by atoms with van der Waals surface area (Å²) in [6, 6.07) is 7.89. The van der Waals surface area contributed by atoms with Crippen LogP contribution in [0.2, 0.25) is 5.02 Å². The maximum absolute atomic E-state index is 13.5. The maximum Gasteiger partial charge on any atom is 0.231 e. The van der Waals surface area contributed by atoms with Gasteiger partial charge in [0.15, 0.2) is 0 Å². The van der Waals surface area contributed by atoms with E-state index in [0.717, 1.165) is 48.4 Å². The molecule has 8 heteroatoms. The molecule has 1 aliphatic carbocycles. The third-order valence-electron chi connectivity index (χ3n) is 6.50. The summed E-state index contributed by atoms with van der Waals surface area (Å²) in [5.41, 5.74) is 4.17. The molecule has 3 aliphatic rings. The number of halogens is 1. The van der Waals surface area contributed by atoms with Gasteiger partial charge in [-0.05, 0) is 36.1 Å². The molecule has 2 atom stereocenters. The van der Waals surface area contributed by atoms with Gasteiger partial charge in [-0.25, -0.2) is 9.98 Å². The summed E-state index contributed by atoms with van der Waals surface area (Å²) in [6.07, 6.45) is 3.28. The molecule has 0 saturated carbocycles. The van der Waals surface area contributed by atoms with Gasteiger partial charge in [0, 0.05) is 55.1 Å². The Morgan fingerprint density at radius 2 is 1.91 bits per heavy atom. The molecule has 1 fully saturated rings. The van der Waals surface area contributed by atoms with E-state index in [1.54, 1.807) is 6.34 Å². The smallest absolute Gasteiger partial charge is 0.231 e. The molecule has 32 heavy (non-hydrogen) atoms. The van der Waals surface area contributed by atoms with Crippen molar-refractivity contribution in [2.45, 2.75) is 44.8 Å². The molecule has 0 bridgehead atoms. The van der Waals surface area contributed by atoms with Gasteiger partial charge in [-0.3, -0.25) is 9.69 Å². The summed E-state index contributed by atoms with van der Waals surface area (Å²) in [5, 5.41) is 13.9. The fourth-order valence-electron chi connectivity index (χ4n) is 4.69. The van der Waals surface area contributed by atoms with Gasteiger partial charge in [0.2, 0.25) is 5.91 Å². The molecule has 1 saturated heterocycles. The van der Waals surface area contributed by atoms with Crippen molar-refractivity contribution in [2.24, 2.45) is 9.98 Å². The molecule has 0 radical (unpaired) electrons. The molecular formula is C24H32ClN5O2. The number of carbonyl (C=O) groups is 1. The zero-order chi connectivity index (χ0) is 22.7. The first-order valence-corrected chi connectivity index (χ1v) is 11.8. The molecule has 2 N–H and O–H groups in total. The van der Waals surface area contributed by atoms with Crippen molar-refractivity contribution in [3.05, 3.63) is 46.0 Å². The van der Waals surface area contributed by atoms with Crippen LogP contribution in [0.25, 0.3) is 0 Å². The fraction of sp³-hybridized carbons (Fsp3) is 0.542. The lowest BCUT2D eigenvalue weighted by Crippen LogP contribution is -2.54. The molecule has 2 heterocycles. The summed E-state index contributed by atoms with van der Waals surface area (Å²) < 4.78 is 0. The highest BCUT2D eigenvalue weighted by Crippen LogP contribution is 2.32. The fourth-order valence-corrected chi connectivity index (χ4v) is 4.82. The minimum Gasteiger partial charge on any atom is -0.392 e. The number of fused-ring (bicyclic) bond motifs is 1. The quantitative estimate of drug-likeness (QED) is 0.659. The van der Waals surface area contributed by atoms with Crippen LogP contribution in [0.1, 0.15) is 38.2 Å². The second kappa shape index (κ2) is 10.3. The van der Waals surface area contributed by atoms with Crippen LogP contribution in [0.15, 0.2) is 45.4 Å². The Kier molecular flexibility index (Phi) is 7.40. The summed E-state index contributed by atoms with van der Waals surface area (Å²) >= 11 is 6.07. The van der Waals surface area contributed by atoms with Crippen LogP contribution in [0, 0.1) is 0 Å². The van der Waals surface area contributed by atoms with Gasteiger partial charge in [0.25, 0.3) is 0 Å². The molecule has 0 spiro atoms. The number of aliphatic hydroxyl groups is 1. The number of amides is 1. The monoisotopic (exact) mass is 457 g/mol. The van der Waals surface area contributed by atoms with E-state index < -0.39 is 0 Å². The molecule has 2 unspecified atom stereocenters. The Morgan fingerprint density at radius 3 is 2.56 bits per heavy atom. The van der Waals surface area contributed by atoms with Crippen LogP contribution in [0.4, 0.5) is 0 Å². The lowest BCUT2D eigenvalue weighted by molar-refractivity contribution is -0.134. The van der Waals surface area contributed by atoms with E-state index in [-0.39, 0.29) is 24.6 Å². The topological polar surface area (TPSA) is 80.5 Å². The first-order valence-electron chi connectivity index (χ1n) is 11.4. The van der Waals surface area contributed by atoms with Gasteiger partial charge in [-0.15, -0.1) is 0 Å². The Bertz CT molecular complexity index is 917. The first kappa shape index (κ1) is 23.1. The van der Waals surface area contributed by atoms with Gasteiger partial charge in [-0.2, -0.15) is 0 Å². The summed E-state index contributed by atoms with van der Waals surface area (Å²) in [5.74, 6) is -0.100. The number of benzene rings is 1. The molecule has 4 rings (SSSR count). The molecule has 2 aliphatic heterocycles. The van der Waals surface area contributed by atoms with Crippen LogP contribution in [0.3, 0.4) is 0 Å². The zero-order valence-electron chi connectivity index (χ0n) is 18.8. The van der Waals surface area contributed by atoms with E-state index in [9.17, 15) is 9.90 Å². The first-order chi connectivity index (χ1) is 15.5. The van der Waals surface area contributed by atoms with E-state index in [1.165, 1.54) is 0 Å². The number of hydrogen-bond acceptors (Lipinski definition) is 6. The van der Waals surface area contributed by atoms with Gasteiger partial charge in [0.1, 0.15) is 12.5 Å². The van der Waals surface area contributed by atoms with Crippen molar-refractivity contribution >= 4 is 29.6 Å². The number of piperazine rings is 1. The Balaban J connectivity index is 1.44. The molecule has 1 amide bonds. The van der Waals surface area contributed by atoms with Gasteiger partial charge in [0.05, 0.1) is 12.5 Å². The van der Waals surface area contributed by atoms with Crippen molar-refractivity contribution in [2.75, 3.05) is 39.3 Å². The second-order valence-corrected chi connectivity index (χ2v) is 9.35. The molecule has 1 aromatic carbocycles. The SMILES string of the molecule is CC(C)NCC(C(=O)N1CCN(C2N=CN=C3CCC(CO)=C32)CC1)c1ccc(Cl)cc1. The molecule has 7 nitrogen and oxygen atoms in total. The number of carbonyl (C=O) groups excluding carboxylic acids is 1. The Hall–Kier alpha value is -2.06. The molecule has 0 aromatic heterocycles. The Morgan fingerprint density at radius 1 is 1.19 bits per heavy atom. The predicted molar refractivity (Wildman–Crippen MR) is 129 cm³/mol. The normalized spacial score (nSPS) is 22.3. The second-order valence-electron chi connectivity index (χ2n) is 8.92.